The Hall–Kier alpha value is -3.38. The summed E-state index contributed by atoms with van der Waals surface area (Å²) in [5, 5.41) is 2.53. The summed E-state index contributed by atoms with van der Waals surface area (Å²) in [7, 11) is 0. The third-order valence-electron chi connectivity index (χ3n) is 4.91. The van der Waals surface area contributed by atoms with Crippen molar-refractivity contribution in [2.75, 3.05) is 0 Å². The molecule has 0 saturated heterocycles. The third kappa shape index (κ3) is 4.47. The van der Waals surface area contributed by atoms with Crippen LogP contribution < -0.4 is 0 Å². The second-order valence-electron chi connectivity index (χ2n) is 7.36. The highest BCUT2D eigenvalue weighted by Crippen LogP contribution is 2.21. The molecule has 136 valence electrons. The molecule has 28 heavy (non-hydrogen) atoms. The fraction of sp³-hybridized carbons (Fsp3) is 0.0714. The normalized spacial score (nSPS) is 11.6. The van der Waals surface area contributed by atoms with Crippen LogP contribution in [0.3, 0.4) is 0 Å². The lowest BCUT2D eigenvalue weighted by Gasteiger charge is -2.03. The first-order valence-electron chi connectivity index (χ1n) is 9.69. The first kappa shape index (κ1) is 18.0. The van der Waals surface area contributed by atoms with Gasteiger partial charge in [0.25, 0.3) is 0 Å². The lowest BCUT2D eigenvalue weighted by Crippen LogP contribution is -1.79. The van der Waals surface area contributed by atoms with Gasteiger partial charge in [-0.25, -0.2) is 0 Å². The van der Waals surface area contributed by atoms with Crippen LogP contribution >= 0.6 is 0 Å². The summed E-state index contributed by atoms with van der Waals surface area (Å²) in [6.07, 6.45) is 8.72. The van der Waals surface area contributed by atoms with Crippen molar-refractivity contribution in [2.45, 2.75) is 13.8 Å². The van der Waals surface area contributed by atoms with Gasteiger partial charge in [0.2, 0.25) is 0 Å². The molecule has 0 nitrogen and oxygen atoms in total. The Kier molecular flexibility index (Phi) is 5.21. The molecule has 0 fully saturated rings. The minimum absolute atomic E-state index is 1.22. The molecule has 0 unspecified atom stereocenters. The molecule has 0 aliphatic heterocycles. The van der Waals surface area contributed by atoms with E-state index in [1.807, 2.05) is 0 Å². The van der Waals surface area contributed by atoms with Crippen LogP contribution in [0.5, 0.6) is 0 Å². The maximum Gasteiger partial charge on any atom is -0.0172 e. The van der Waals surface area contributed by atoms with Crippen molar-refractivity contribution in [2.24, 2.45) is 0 Å². The van der Waals surface area contributed by atoms with E-state index in [1.165, 1.54) is 44.2 Å². The zero-order chi connectivity index (χ0) is 19.3. The summed E-state index contributed by atoms with van der Waals surface area (Å²) in [6, 6.07) is 30.4. The second-order valence-corrected chi connectivity index (χ2v) is 7.36. The lowest BCUT2D eigenvalue weighted by atomic mass is 10.0. The number of fused-ring (bicyclic) bond motifs is 1. The van der Waals surface area contributed by atoms with Crippen molar-refractivity contribution < 1.29 is 0 Å². The summed E-state index contributed by atoms with van der Waals surface area (Å²) in [4.78, 5) is 0. The average molecular weight is 361 g/mol. The molecule has 0 aliphatic rings. The van der Waals surface area contributed by atoms with Gasteiger partial charge in [-0.05, 0) is 59.0 Å². The number of benzene rings is 4. The van der Waals surface area contributed by atoms with E-state index in [9.17, 15) is 0 Å². The molecule has 0 atom stereocenters. The molecule has 0 radical (unpaired) electrons. The van der Waals surface area contributed by atoms with E-state index in [-0.39, 0.29) is 0 Å². The van der Waals surface area contributed by atoms with Crippen LogP contribution in [0, 0.1) is 13.8 Å². The Bertz CT molecular complexity index is 1090. The van der Waals surface area contributed by atoms with Crippen molar-refractivity contribution in [3.63, 3.8) is 0 Å². The number of aryl methyl sites for hydroxylation is 2. The number of hydrogen-bond acceptors (Lipinski definition) is 0. The van der Waals surface area contributed by atoms with Gasteiger partial charge in [0.05, 0.1) is 0 Å². The smallest absolute Gasteiger partial charge is 0.0172 e. The molecule has 0 saturated carbocycles. The van der Waals surface area contributed by atoms with Crippen LogP contribution in [0.1, 0.15) is 33.4 Å². The van der Waals surface area contributed by atoms with Crippen molar-refractivity contribution in [3.8, 4) is 0 Å². The van der Waals surface area contributed by atoms with Gasteiger partial charge in [0, 0.05) is 0 Å². The molecule has 4 rings (SSSR count). The van der Waals surface area contributed by atoms with Crippen LogP contribution in [-0.4, -0.2) is 0 Å². The summed E-state index contributed by atoms with van der Waals surface area (Å²) >= 11 is 0. The van der Waals surface area contributed by atoms with E-state index in [4.69, 9.17) is 0 Å². The van der Waals surface area contributed by atoms with Crippen LogP contribution in [0.15, 0.2) is 84.9 Å². The van der Waals surface area contributed by atoms with Gasteiger partial charge in [-0.3, -0.25) is 0 Å². The van der Waals surface area contributed by atoms with Gasteiger partial charge >= 0.3 is 0 Å². The fourth-order valence-corrected chi connectivity index (χ4v) is 3.42. The topological polar surface area (TPSA) is 0 Å². The van der Waals surface area contributed by atoms with Crippen LogP contribution in [0.2, 0.25) is 0 Å². The van der Waals surface area contributed by atoms with E-state index >= 15 is 0 Å². The second kappa shape index (κ2) is 8.10. The quantitative estimate of drug-likeness (QED) is 0.326. The minimum atomic E-state index is 1.22. The van der Waals surface area contributed by atoms with Crippen molar-refractivity contribution in [1.29, 1.82) is 0 Å². The summed E-state index contributed by atoms with van der Waals surface area (Å²) in [5.74, 6) is 0. The molecule has 0 spiro atoms. The molecule has 0 amide bonds. The molecule has 0 aromatic heterocycles. The van der Waals surface area contributed by atoms with Crippen LogP contribution in [0.4, 0.5) is 0 Å². The molecule has 0 bridgehead atoms. The molecule has 0 N–H and O–H groups in total. The largest absolute Gasteiger partial charge is 0.0614 e. The number of hydrogen-bond donors (Lipinski definition) is 0. The minimum Gasteiger partial charge on any atom is -0.0614 e. The predicted molar refractivity (Wildman–Crippen MR) is 124 cm³/mol. The van der Waals surface area contributed by atoms with Crippen LogP contribution in [0.25, 0.3) is 35.1 Å². The molecule has 4 aromatic rings. The van der Waals surface area contributed by atoms with E-state index in [2.05, 4.69) is 123 Å². The Morgan fingerprint density at radius 1 is 0.429 bits per heavy atom. The van der Waals surface area contributed by atoms with Crippen molar-refractivity contribution in [3.05, 3.63) is 118 Å². The fourth-order valence-electron chi connectivity index (χ4n) is 3.42. The zero-order valence-electron chi connectivity index (χ0n) is 16.4. The van der Waals surface area contributed by atoms with Gasteiger partial charge in [0.15, 0.2) is 0 Å². The van der Waals surface area contributed by atoms with E-state index in [0.29, 0.717) is 0 Å². The highest BCUT2D eigenvalue weighted by atomic mass is 14.0. The number of rotatable bonds is 4. The molecule has 0 heterocycles. The van der Waals surface area contributed by atoms with Gasteiger partial charge in [-0.15, -0.1) is 0 Å². The average Bonchev–Trinajstić information content (AvgIpc) is 2.70. The van der Waals surface area contributed by atoms with E-state index in [1.54, 1.807) is 0 Å². The SMILES string of the molecule is Cc1cccc(/C=C/c2ccc3ccc(/C=C/c4cccc(C)c4)cc3c2)c1. The maximum absolute atomic E-state index is 2.26. The van der Waals surface area contributed by atoms with Crippen molar-refractivity contribution in [1.82, 2.24) is 0 Å². The Morgan fingerprint density at radius 3 is 1.29 bits per heavy atom. The lowest BCUT2D eigenvalue weighted by molar-refractivity contribution is 1.46. The van der Waals surface area contributed by atoms with Gasteiger partial charge in [-0.1, -0.05) is 108 Å². The standard InChI is InChI=1S/C28H24/c1-21-5-3-7-23(17-21)9-11-25-13-15-27-16-14-26(20-28(27)19-25)12-10-24-8-4-6-22(2)18-24/h3-20H,1-2H3/b11-9+,12-10+. The van der Waals surface area contributed by atoms with E-state index < -0.39 is 0 Å². The van der Waals surface area contributed by atoms with E-state index in [0.717, 1.165) is 0 Å². The van der Waals surface area contributed by atoms with Gasteiger partial charge in [0.1, 0.15) is 0 Å². The Morgan fingerprint density at radius 2 is 0.857 bits per heavy atom. The monoisotopic (exact) mass is 360 g/mol. The van der Waals surface area contributed by atoms with Crippen LogP contribution in [-0.2, 0) is 0 Å². The highest BCUT2D eigenvalue weighted by Gasteiger charge is 1.97. The first-order valence-corrected chi connectivity index (χ1v) is 9.69. The third-order valence-corrected chi connectivity index (χ3v) is 4.91. The molecule has 0 heteroatoms. The summed E-state index contributed by atoms with van der Waals surface area (Å²) < 4.78 is 0. The van der Waals surface area contributed by atoms with Gasteiger partial charge in [-0.2, -0.15) is 0 Å². The molecule has 0 aliphatic carbocycles. The first-order chi connectivity index (χ1) is 13.7. The molecular formula is C28H24. The summed E-state index contributed by atoms with van der Waals surface area (Å²) in [5.41, 5.74) is 7.46. The van der Waals surface area contributed by atoms with Crippen molar-refractivity contribution >= 4 is 35.1 Å². The predicted octanol–water partition coefficient (Wildman–Crippen LogP) is 7.80. The Balaban J connectivity index is 1.60. The summed E-state index contributed by atoms with van der Waals surface area (Å²) in [6.45, 7) is 4.25. The highest BCUT2D eigenvalue weighted by molar-refractivity contribution is 5.88. The molecule has 4 aromatic carbocycles. The Labute approximate surface area is 167 Å². The van der Waals surface area contributed by atoms with Gasteiger partial charge < -0.3 is 0 Å². The molecular weight excluding hydrogens is 336 g/mol. The zero-order valence-corrected chi connectivity index (χ0v) is 16.4. The maximum atomic E-state index is 2.26.